The first-order valence-corrected chi connectivity index (χ1v) is 13.8. The highest BCUT2D eigenvalue weighted by Crippen LogP contribution is 2.27. The molecule has 1 aromatic heterocycles. The lowest BCUT2D eigenvalue weighted by Crippen LogP contribution is -2.42. The smallest absolute Gasteiger partial charge is 0.310 e. The number of piperidine rings is 1. The minimum Gasteiger partial charge on any atom is -0.466 e. The van der Waals surface area contributed by atoms with Gasteiger partial charge in [0.1, 0.15) is 5.82 Å². The number of likely N-dealkylation sites (tertiary alicyclic amines) is 1. The lowest BCUT2D eigenvalue weighted by molar-refractivity contribution is -0.149. The van der Waals surface area contributed by atoms with Crippen LogP contribution in [-0.2, 0) is 20.0 Å². The Hall–Kier alpha value is -2.65. The van der Waals surface area contributed by atoms with Gasteiger partial charge in [-0.1, -0.05) is 37.7 Å². The van der Waals surface area contributed by atoms with Crippen molar-refractivity contribution in [3.8, 4) is 0 Å². The molecule has 2 saturated heterocycles. The van der Waals surface area contributed by atoms with E-state index in [0.29, 0.717) is 36.9 Å². The number of amides is 1. The zero-order valence-corrected chi connectivity index (χ0v) is 22.3. The van der Waals surface area contributed by atoms with Crippen LogP contribution < -0.4 is 4.90 Å². The van der Waals surface area contributed by atoms with Crippen LogP contribution in [0.5, 0.6) is 0 Å². The second kappa shape index (κ2) is 12.5. The molecule has 36 heavy (non-hydrogen) atoms. The molecule has 9 heteroatoms. The van der Waals surface area contributed by atoms with E-state index in [4.69, 9.17) is 19.4 Å². The second-order valence-electron chi connectivity index (χ2n) is 9.52. The van der Waals surface area contributed by atoms with Crippen LogP contribution in [0.15, 0.2) is 35.5 Å². The maximum atomic E-state index is 13.0. The fourth-order valence-electron chi connectivity index (χ4n) is 4.43. The van der Waals surface area contributed by atoms with E-state index in [-0.39, 0.29) is 17.8 Å². The summed E-state index contributed by atoms with van der Waals surface area (Å²) in [4.78, 5) is 38.8. The number of morpholine rings is 1. The van der Waals surface area contributed by atoms with E-state index in [2.05, 4.69) is 24.8 Å². The third-order valence-electron chi connectivity index (χ3n) is 6.54. The highest BCUT2D eigenvalue weighted by atomic mass is 32.2. The molecule has 194 valence electrons. The molecular formula is C27H36N4O4S. The van der Waals surface area contributed by atoms with Crippen molar-refractivity contribution in [2.75, 3.05) is 50.9 Å². The first kappa shape index (κ1) is 26.4. The van der Waals surface area contributed by atoms with Crippen LogP contribution in [0.3, 0.4) is 0 Å². The van der Waals surface area contributed by atoms with Crippen molar-refractivity contribution in [3.63, 3.8) is 0 Å². The molecule has 0 unspecified atom stereocenters. The molecule has 0 spiro atoms. The molecule has 0 radical (unpaired) electrons. The van der Waals surface area contributed by atoms with Crippen molar-refractivity contribution >= 4 is 29.5 Å². The van der Waals surface area contributed by atoms with Crippen molar-refractivity contribution in [2.24, 2.45) is 5.92 Å². The van der Waals surface area contributed by atoms with E-state index < -0.39 is 0 Å². The van der Waals surface area contributed by atoms with Gasteiger partial charge in [-0.15, -0.1) is 0 Å². The summed E-state index contributed by atoms with van der Waals surface area (Å²) in [5.41, 5.74) is 2.78. The third-order valence-corrected chi connectivity index (χ3v) is 7.45. The molecule has 0 bridgehead atoms. The highest BCUT2D eigenvalue weighted by molar-refractivity contribution is 7.98. The average Bonchev–Trinajstić information content (AvgIpc) is 2.92. The van der Waals surface area contributed by atoms with Gasteiger partial charge in [0.05, 0.1) is 25.7 Å². The minimum absolute atomic E-state index is 0.0358. The quantitative estimate of drug-likeness (QED) is 0.296. The van der Waals surface area contributed by atoms with Gasteiger partial charge in [-0.3, -0.25) is 9.59 Å². The van der Waals surface area contributed by atoms with Crippen molar-refractivity contribution in [3.05, 3.63) is 47.2 Å². The number of anilines is 1. The van der Waals surface area contributed by atoms with Gasteiger partial charge in [0.25, 0.3) is 5.91 Å². The average molecular weight is 513 g/mol. The number of benzene rings is 1. The molecule has 0 saturated carbocycles. The number of esters is 1. The Morgan fingerprint density at radius 1 is 1.14 bits per heavy atom. The molecule has 2 aliphatic rings. The standard InChI is InChI=1S/C27H36N4O4S/c1-4-35-26(33)22-6-5-11-31(17-22)25(32)21-9-7-20(8-10-21)18-36-27-28-23(19(2)3)16-24(29-27)30-12-14-34-15-13-30/h7-10,16,19,22H,4-6,11-15,17-18H2,1-3H3/t22-/m1/s1. The monoisotopic (exact) mass is 512 g/mol. The van der Waals surface area contributed by atoms with E-state index in [0.717, 1.165) is 61.4 Å². The van der Waals surface area contributed by atoms with Crippen LogP contribution in [0.4, 0.5) is 5.82 Å². The Balaban J connectivity index is 1.38. The summed E-state index contributed by atoms with van der Waals surface area (Å²) in [5, 5.41) is 0.765. The first-order valence-electron chi connectivity index (χ1n) is 12.8. The van der Waals surface area contributed by atoms with Crippen molar-refractivity contribution in [1.29, 1.82) is 0 Å². The van der Waals surface area contributed by atoms with Crippen LogP contribution in [0.1, 0.15) is 61.1 Å². The predicted molar refractivity (Wildman–Crippen MR) is 140 cm³/mol. The molecule has 1 atom stereocenters. The lowest BCUT2D eigenvalue weighted by atomic mass is 9.97. The number of aromatic nitrogens is 2. The van der Waals surface area contributed by atoms with E-state index in [1.807, 2.05) is 24.3 Å². The molecule has 3 heterocycles. The van der Waals surface area contributed by atoms with Gasteiger partial charge in [0.15, 0.2) is 5.16 Å². The van der Waals surface area contributed by atoms with E-state index in [9.17, 15) is 9.59 Å². The van der Waals surface area contributed by atoms with Gasteiger partial charge in [-0.25, -0.2) is 9.97 Å². The summed E-state index contributed by atoms with van der Waals surface area (Å²) in [6, 6.07) is 9.81. The molecule has 1 amide bonds. The van der Waals surface area contributed by atoms with Crippen LogP contribution in [0.25, 0.3) is 0 Å². The minimum atomic E-state index is -0.234. The second-order valence-corrected chi connectivity index (χ2v) is 10.5. The molecule has 2 aliphatic heterocycles. The molecule has 1 aromatic carbocycles. The number of ether oxygens (including phenoxy) is 2. The summed E-state index contributed by atoms with van der Waals surface area (Å²) in [5.74, 6) is 1.52. The summed E-state index contributed by atoms with van der Waals surface area (Å²) in [7, 11) is 0. The Morgan fingerprint density at radius 2 is 1.89 bits per heavy atom. The van der Waals surface area contributed by atoms with Crippen molar-refractivity contribution in [1.82, 2.24) is 14.9 Å². The van der Waals surface area contributed by atoms with Gasteiger partial charge < -0.3 is 19.3 Å². The first-order chi connectivity index (χ1) is 17.4. The summed E-state index contributed by atoms with van der Waals surface area (Å²) >= 11 is 1.61. The van der Waals surface area contributed by atoms with E-state index in [1.165, 1.54) is 0 Å². The van der Waals surface area contributed by atoms with Gasteiger partial charge in [0.2, 0.25) is 0 Å². The fraction of sp³-hybridized carbons (Fsp3) is 0.556. The fourth-order valence-corrected chi connectivity index (χ4v) is 5.25. The van der Waals surface area contributed by atoms with E-state index >= 15 is 0 Å². The SMILES string of the molecule is CCOC(=O)[C@@H]1CCCN(C(=O)c2ccc(CSc3nc(C(C)C)cc(N4CCOCC4)n3)cc2)C1. The number of carbonyl (C=O) groups excluding carboxylic acids is 2. The van der Waals surface area contributed by atoms with Gasteiger partial charge in [-0.05, 0) is 43.4 Å². The molecule has 4 rings (SSSR count). The normalized spacial score (nSPS) is 18.4. The molecule has 2 aromatic rings. The lowest BCUT2D eigenvalue weighted by Gasteiger charge is -2.31. The van der Waals surface area contributed by atoms with Crippen molar-refractivity contribution in [2.45, 2.75) is 50.4 Å². The zero-order valence-electron chi connectivity index (χ0n) is 21.4. The topological polar surface area (TPSA) is 84.9 Å². The molecular weight excluding hydrogens is 476 g/mol. The highest BCUT2D eigenvalue weighted by Gasteiger charge is 2.29. The van der Waals surface area contributed by atoms with Crippen LogP contribution in [-0.4, -0.2) is 72.7 Å². The predicted octanol–water partition coefficient (Wildman–Crippen LogP) is 4.14. The van der Waals surface area contributed by atoms with Crippen LogP contribution >= 0.6 is 11.8 Å². The number of rotatable bonds is 8. The van der Waals surface area contributed by atoms with Crippen LogP contribution in [0, 0.1) is 5.92 Å². The van der Waals surface area contributed by atoms with Gasteiger partial charge >= 0.3 is 5.97 Å². The number of thioether (sulfide) groups is 1. The largest absolute Gasteiger partial charge is 0.466 e. The molecule has 8 nitrogen and oxygen atoms in total. The van der Waals surface area contributed by atoms with Gasteiger partial charge in [-0.2, -0.15) is 0 Å². The van der Waals surface area contributed by atoms with E-state index in [1.54, 1.807) is 23.6 Å². The molecule has 0 aliphatic carbocycles. The Bertz CT molecular complexity index is 1040. The molecule has 2 fully saturated rings. The maximum Gasteiger partial charge on any atom is 0.310 e. The van der Waals surface area contributed by atoms with Gasteiger partial charge in [0, 0.05) is 49.3 Å². The Kier molecular flexibility index (Phi) is 9.20. The summed E-state index contributed by atoms with van der Waals surface area (Å²) in [6.07, 6.45) is 1.58. The number of carbonyl (C=O) groups is 2. The zero-order chi connectivity index (χ0) is 25.5. The Labute approximate surface area is 217 Å². The number of nitrogens with zero attached hydrogens (tertiary/aromatic N) is 4. The Morgan fingerprint density at radius 3 is 2.58 bits per heavy atom. The summed E-state index contributed by atoms with van der Waals surface area (Å²) < 4.78 is 10.6. The molecule has 0 N–H and O–H groups in total. The number of hydrogen-bond donors (Lipinski definition) is 0. The number of hydrogen-bond acceptors (Lipinski definition) is 8. The third kappa shape index (κ3) is 6.76. The summed E-state index contributed by atoms with van der Waals surface area (Å²) in [6.45, 7) is 10.7. The van der Waals surface area contributed by atoms with Crippen LogP contribution in [0.2, 0.25) is 0 Å². The maximum absolute atomic E-state index is 13.0. The van der Waals surface area contributed by atoms with Crippen molar-refractivity contribution < 1.29 is 19.1 Å².